The summed E-state index contributed by atoms with van der Waals surface area (Å²) in [6, 6.07) is 17.0. The van der Waals surface area contributed by atoms with Gasteiger partial charge in [-0.15, -0.1) is 0 Å². The molecule has 0 saturated carbocycles. The number of rotatable bonds is 18. The van der Waals surface area contributed by atoms with Crippen molar-refractivity contribution >= 4 is 27.6 Å². The molecule has 0 N–H and O–H groups in total. The standard InChI is InChI=1S/C37H53N3O/c1-5-8-10-12-14-16-20-29(21-17-15-13-11-9-6-2)28-38-34-27-36-37(32-23-19-18-22-31(32)34)39-33-25-24-30(40(4)7-3)26-35(33)41-36/h18-19,22-27,29H,5-17,20-21,28H2,1-4H3/b38-34+. The van der Waals surface area contributed by atoms with E-state index in [4.69, 9.17) is 14.4 Å². The van der Waals surface area contributed by atoms with E-state index in [2.05, 4.69) is 81.2 Å². The minimum absolute atomic E-state index is 0.653. The molecule has 0 unspecified atom stereocenters. The molecule has 1 aliphatic heterocycles. The third-order valence-electron chi connectivity index (χ3n) is 8.72. The molecular weight excluding hydrogens is 502 g/mol. The van der Waals surface area contributed by atoms with Gasteiger partial charge < -0.3 is 9.32 Å². The zero-order valence-corrected chi connectivity index (χ0v) is 26.3. The fourth-order valence-electron chi connectivity index (χ4n) is 5.96. The number of nitrogens with zero attached hydrogens (tertiary/aromatic N) is 3. The smallest absolute Gasteiger partial charge is 0.155 e. The van der Waals surface area contributed by atoms with Crippen LogP contribution < -0.4 is 10.3 Å². The van der Waals surface area contributed by atoms with Gasteiger partial charge in [0.2, 0.25) is 0 Å². The van der Waals surface area contributed by atoms with Crippen LogP contribution in [0.25, 0.3) is 33.3 Å². The minimum atomic E-state index is 0.653. The van der Waals surface area contributed by atoms with Crippen molar-refractivity contribution in [2.24, 2.45) is 10.9 Å². The lowest BCUT2D eigenvalue weighted by atomic mass is 9.94. The second-order valence-corrected chi connectivity index (χ2v) is 12.0. The molecule has 2 aromatic rings. The van der Waals surface area contributed by atoms with Crippen LogP contribution in [0, 0.1) is 5.92 Å². The summed E-state index contributed by atoms with van der Waals surface area (Å²) in [4.78, 5) is 12.6. The fraction of sp³-hybridized carbons (Fsp3) is 0.568. The SMILES string of the molecule is CCCCCCCCC(CCCCCCCC)C/N=c1\cc2oc3cc(N(C)CC)ccc3nc-2c2ccccc12. The van der Waals surface area contributed by atoms with Crippen LogP contribution in [0.1, 0.15) is 111 Å². The third kappa shape index (κ3) is 8.80. The monoisotopic (exact) mass is 555 g/mol. The summed E-state index contributed by atoms with van der Waals surface area (Å²) in [6.07, 6.45) is 18.9. The highest BCUT2D eigenvalue weighted by Gasteiger charge is 2.16. The summed E-state index contributed by atoms with van der Waals surface area (Å²) in [5.41, 5.74) is 3.77. The van der Waals surface area contributed by atoms with E-state index in [0.29, 0.717) is 5.92 Å². The van der Waals surface area contributed by atoms with Crippen molar-refractivity contribution in [3.05, 3.63) is 53.9 Å². The molecule has 41 heavy (non-hydrogen) atoms. The molecule has 0 spiro atoms. The Hall–Kier alpha value is -2.88. The van der Waals surface area contributed by atoms with Crippen molar-refractivity contribution in [3.63, 3.8) is 0 Å². The van der Waals surface area contributed by atoms with Gasteiger partial charge in [0.1, 0.15) is 11.2 Å². The van der Waals surface area contributed by atoms with E-state index >= 15 is 0 Å². The normalized spacial score (nSPS) is 12.4. The number of hydrogen-bond donors (Lipinski definition) is 0. The summed E-state index contributed by atoms with van der Waals surface area (Å²) in [6.45, 7) is 8.59. The molecule has 4 nitrogen and oxygen atoms in total. The van der Waals surface area contributed by atoms with Crippen LogP contribution in [0.3, 0.4) is 0 Å². The topological polar surface area (TPSA) is 41.6 Å². The van der Waals surface area contributed by atoms with E-state index in [1.807, 2.05) is 0 Å². The fourth-order valence-corrected chi connectivity index (χ4v) is 5.96. The maximum absolute atomic E-state index is 6.51. The predicted molar refractivity (Wildman–Crippen MR) is 177 cm³/mol. The Morgan fingerprint density at radius 2 is 1.39 bits per heavy atom. The summed E-state index contributed by atoms with van der Waals surface area (Å²) < 4.78 is 6.51. The second kappa shape index (κ2) is 16.5. The average molecular weight is 556 g/mol. The number of anilines is 1. The first-order valence-corrected chi connectivity index (χ1v) is 16.6. The van der Waals surface area contributed by atoms with Crippen LogP contribution in [-0.2, 0) is 0 Å². The van der Waals surface area contributed by atoms with E-state index in [9.17, 15) is 0 Å². The average Bonchev–Trinajstić information content (AvgIpc) is 3.01. The van der Waals surface area contributed by atoms with Crippen molar-refractivity contribution in [2.45, 2.75) is 111 Å². The number of fused-ring (bicyclic) bond motifs is 4. The van der Waals surface area contributed by atoms with E-state index < -0.39 is 0 Å². The quantitative estimate of drug-likeness (QED) is 0.0696. The molecule has 2 aliphatic rings. The highest BCUT2D eigenvalue weighted by Crippen LogP contribution is 2.31. The summed E-state index contributed by atoms with van der Waals surface area (Å²) in [7, 11) is 2.10. The number of unbranched alkanes of at least 4 members (excludes halogenated alkanes) is 10. The number of aromatic nitrogens is 1. The minimum Gasteiger partial charge on any atom is -0.453 e. The molecule has 222 valence electrons. The van der Waals surface area contributed by atoms with Gasteiger partial charge in [-0.25, -0.2) is 4.98 Å². The van der Waals surface area contributed by atoms with Crippen LogP contribution in [0.5, 0.6) is 0 Å². The van der Waals surface area contributed by atoms with Crippen molar-refractivity contribution in [3.8, 4) is 11.5 Å². The Morgan fingerprint density at radius 3 is 2.05 bits per heavy atom. The third-order valence-corrected chi connectivity index (χ3v) is 8.72. The van der Waals surface area contributed by atoms with Gasteiger partial charge in [-0.1, -0.05) is 115 Å². The highest BCUT2D eigenvalue weighted by atomic mass is 16.3. The zero-order valence-electron chi connectivity index (χ0n) is 26.3. The number of benzene rings is 3. The van der Waals surface area contributed by atoms with Crippen LogP contribution in [0.2, 0.25) is 0 Å². The molecule has 0 aromatic heterocycles. The van der Waals surface area contributed by atoms with Crippen LogP contribution in [0.4, 0.5) is 5.69 Å². The van der Waals surface area contributed by atoms with Gasteiger partial charge in [0.25, 0.3) is 0 Å². The zero-order chi connectivity index (χ0) is 28.9. The summed E-state index contributed by atoms with van der Waals surface area (Å²) in [5.74, 6) is 1.47. The Labute approximate surface area is 248 Å². The lowest BCUT2D eigenvalue weighted by molar-refractivity contribution is 0.409. The molecule has 0 bridgehead atoms. The van der Waals surface area contributed by atoms with E-state index in [1.165, 1.54) is 95.3 Å². The molecule has 1 aliphatic carbocycles. The van der Waals surface area contributed by atoms with Gasteiger partial charge in [0, 0.05) is 48.7 Å². The lowest BCUT2D eigenvalue weighted by Gasteiger charge is -2.17. The van der Waals surface area contributed by atoms with Crippen LogP contribution in [-0.4, -0.2) is 25.1 Å². The van der Waals surface area contributed by atoms with Crippen LogP contribution >= 0.6 is 0 Å². The van der Waals surface area contributed by atoms with E-state index in [0.717, 1.165) is 52.1 Å². The molecule has 0 atom stereocenters. The maximum Gasteiger partial charge on any atom is 0.155 e. The maximum atomic E-state index is 6.51. The second-order valence-electron chi connectivity index (χ2n) is 12.0. The van der Waals surface area contributed by atoms with Crippen molar-refractivity contribution < 1.29 is 4.42 Å². The van der Waals surface area contributed by atoms with Gasteiger partial charge in [-0.2, -0.15) is 0 Å². The Bertz CT molecular complexity index is 1360. The first-order chi connectivity index (χ1) is 20.1. The van der Waals surface area contributed by atoms with Crippen molar-refractivity contribution in [1.82, 2.24) is 4.98 Å². The van der Waals surface area contributed by atoms with Gasteiger partial charge in [0.05, 0.1) is 5.36 Å². The van der Waals surface area contributed by atoms with Crippen molar-refractivity contribution in [1.29, 1.82) is 0 Å². The predicted octanol–water partition coefficient (Wildman–Crippen LogP) is 10.6. The Morgan fingerprint density at radius 1 is 0.756 bits per heavy atom. The van der Waals surface area contributed by atoms with Crippen LogP contribution in [0.15, 0.2) is 57.9 Å². The summed E-state index contributed by atoms with van der Waals surface area (Å²) in [5, 5.41) is 3.32. The molecular formula is C37H53N3O. The van der Waals surface area contributed by atoms with E-state index in [-0.39, 0.29) is 0 Å². The molecule has 0 fully saturated rings. The van der Waals surface area contributed by atoms with Gasteiger partial charge in [-0.3, -0.25) is 4.99 Å². The summed E-state index contributed by atoms with van der Waals surface area (Å²) >= 11 is 0. The lowest BCUT2D eigenvalue weighted by Crippen LogP contribution is -2.15. The highest BCUT2D eigenvalue weighted by molar-refractivity contribution is 5.96. The molecule has 0 amide bonds. The van der Waals surface area contributed by atoms with E-state index in [1.54, 1.807) is 0 Å². The molecule has 2 aromatic carbocycles. The molecule has 4 heteroatoms. The van der Waals surface area contributed by atoms with Gasteiger partial charge >= 0.3 is 0 Å². The first kappa shape index (κ1) is 31.1. The molecule has 4 rings (SSSR count). The van der Waals surface area contributed by atoms with Crippen molar-refractivity contribution in [2.75, 3.05) is 25.0 Å². The number of hydrogen-bond acceptors (Lipinski definition) is 4. The Kier molecular flexibility index (Phi) is 12.5. The first-order valence-electron chi connectivity index (χ1n) is 16.6. The van der Waals surface area contributed by atoms with Gasteiger partial charge in [0.15, 0.2) is 11.3 Å². The Balaban J connectivity index is 1.59. The molecule has 1 heterocycles. The largest absolute Gasteiger partial charge is 0.453 e. The molecule has 0 radical (unpaired) electrons. The molecule has 0 saturated heterocycles. The van der Waals surface area contributed by atoms with Gasteiger partial charge in [-0.05, 0) is 37.8 Å².